The molecular weight excluding hydrogens is 361 g/mol. The number of para-hydroxylation sites is 2. The largest absolute Gasteiger partial charge is 0.449 e. The highest BCUT2D eigenvalue weighted by atomic mass is 19.4. The molecule has 0 aliphatic rings. The highest BCUT2D eigenvalue weighted by Crippen LogP contribution is 2.37. The molecule has 138 valence electrons. The molecule has 6 nitrogen and oxygen atoms in total. The predicted octanol–water partition coefficient (Wildman–Crippen LogP) is 3.00. The molecule has 0 aromatic heterocycles. The zero-order chi connectivity index (χ0) is 19.5. The minimum absolute atomic E-state index is 0.00584. The third-order valence-electron chi connectivity index (χ3n) is 2.88. The van der Waals surface area contributed by atoms with Gasteiger partial charge in [0.15, 0.2) is 29.1 Å². The van der Waals surface area contributed by atoms with Gasteiger partial charge in [0.1, 0.15) is 5.69 Å². The molecule has 0 aliphatic carbocycles. The quantitative estimate of drug-likeness (QED) is 0.436. The monoisotopic (exact) mass is 373 g/mol. The Hall–Kier alpha value is -3.37. The number of rotatable bonds is 3. The first kappa shape index (κ1) is 19.0. The van der Waals surface area contributed by atoms with Gasteiger partial charge in [-0.2, -0.15) is 18.2 Å². The van der Waals surface area contributed by atoms with Gasteiger partial charge in [0.05, 0.1) is 5.56 Å². The summed E-state index contributed by atoms with van der Waals surface area (Å²) in [7, 11) is 0. The lowest BCUT2D eigenvalue weighted by Gasteiger charge is -2.12. The molecule has 2 aromatic carbocycles. The van der Waals surface area contributed by atoms with Gasteiger partial charge in [-0.05, 0) is 24.3 Å². The summed E-state index contributed by atoms with van der Waals surface area (Å²) >= 11 is 0. The number of halogens is 5. The van der Waals surface area contributed by atoms with E-state index >= 15 is 0 Å². The Morgan fingerprint density at radius 3 is 2.08 bits per heavy atom. The zero-order valence-corrected chi connectivity index (χ0v) is 12.9. The summed E-state index contributed by atoms with van der Waals surface area (Å²) in [4.78, 5) is 7.27. The SMILES string of the molecule is NC(N)=NC(N)=Nc1ccccc1Oc1c(F)cc(C(F)(F)F)cc1F. The Balaban J connectivity index is 2.43. The van der Waals surface area contributed by atoms with E-state index in [1.807, 2.05) is 0 Å². The Labute approximate surface area is 143 Å². The number of hydrogen-bond donors (Lipinski definition) is 3. The number of nitrogens with two attached hydrogens (primary N) is 3. The fourth-order valence-corrected chi connectivity index (χ4v) is 1.85. The molecule has 0 amide bonds. The van der Waals surface area contributed by atoms with Crippen LogP contribution in [0.4, 0.5) is 27.6 Å². The maximum absolute atomic E-state index is 13.9. The normalized spacial score (nSPS) is 12.0. The fourth-order valence-electron chi connectivity index (χ4n) is 1.85. The minimum atomic E-state index is -4.91. The van der Waals surface area contributed by atoms with E-state index < -0.39 is 29.1 Å². The van der Waals surface area contributed by atoms with Crippen LogP contribution in [0.15, 0.2) is 46.4 Å². The van der Waals surface area contributed by atoms with Gasteiger partial charge in [0.2, 0.25) is 5.96 Å². The van der Waals surface area contributed by atoms with Gasteiger partial charge in [-0.25, -0.2) is 13.8 Å². The van der Waals surface area contributed by atoms with Crippen molar-refractivity contribution in [1.82, 2.24) is 0 Å². The van der Waals surface area contributed by atoms with Crippen LogP contribution in [-0.4, -0.2) is 11.9 Å². The zero-order valence-electron chi connectivity index (χ0n) is 12.9. The lowest BCUT2D eigenvalue weighted by molar-refractivity contribution is -0.138. The van der Waals surface area contributed by atoms with Gasteiger partial charge >= 0.3 is 6.18 Å². The van der Waals surface area contributed by atoms with E-state index in [4.69, 9.17) is 21.9 Å². The van der Waals surface area contributed by atoms with Crippen molar-refractivity contribution in [2.75, 3.05) is 0 Å². The molecular formula is C15H12F5N5O. The van der Waals surface area contributed by atoms with Crippen LogP contribution in [0.3, 0.4) is 0 Å². The van der Waals surface area contributed by atoms with E-state index in [1.54, 1.807) is 0 Å². The second-order valence-corrected chi connectivity index (χ2v) is 4.84. The molecule has 6 N–H and O–H groups in total. The van der Waals surface area contributed by atoms with Crippen LogP contribution in [0.1, 0.15) is 5.56 Å². The maximum atomic E-state index is 13.9. The molecule has 0 radical (unpaired) electrons. The first-order valence-corrected chi connectivity index (χ1v) is 6.85. The van der Waals surface area contributed by atoms with Gasteiger partial charge in [0.25, 0.3) is 0 Å². The standard InChI is InChI=1S/C15H12F5N5O/c16-8-5-7(15(18,19)20)6-9(17)12(8)26-11-4-2-1-3-10(11)24-14(23)25-13(21)22/h1-6H,(H6,21,22,23,24,25). The molecule has 0 aliphatic heterocycles. The van der Waals surface area contributed by atoms with Crippen LogP contribution in [0, 0.1) is 11.6 Å². The van der Waals surface area contributed by atoms with Crippen molar-refractivity contribution >= 4 is 17.6 Å². The first-order chi connectivity index (χ1) is 12.1. The van der Waals surface area contributed by atoms with E-state index in [1.165, 1.54) is 24.3 Å². The lowest BCUT2D eigenvalue weighted by Crippen LogP contribution is -2.26. The minimum Gasteiger partial charge on any atom is -0.449 e. The van der Waals surface area contributed by atoms with Crippen molar-refractivity contribution in [3.63, 3.8) is 0 Å². The summed E-state index contributed by atoms with van der Waals surface area (Å²) < 4.78 is 70.6. The number of benzene rings is 2. The van der Waals surface area contributed by atoms with Crippen molar-refractivity contribution < 1.29 is 26.7 Å². The fraction of sp³-hybridized carbons (Fsp3) is 0.0667. The van der Waals surface area contributed by atoms with Gasteiger partial charge in [-0.1, -0.05) is 12.1 Å². The molecule has 0 spiro atoms. The number of nitrogens with zero attached hydrogens (tertiary/aromatic N) is 2. The average Bonchev–Trinajstić information content (AvgIpc) is 2.50. The number of ether oxygens (including phenoxy) is 1. The first-order valence-electron chi connectivity index (χ1n) is 6.85. The molecule has 0 saturated carbocycles. The third-order valence-corrected chi connectivity index (χ3v) is 2.88. The molecule has 11 heteroatoms. The summed E-state index contributed by atoms with van der Waals surface area (Å²) in [5.74, 6) is -5.01. The molecule has 0 fully saturated rings. The van der Waals surface area contributed by atoms with E-state index in [-0.39, 0.29) is 35.5 Å². The number of guanidine groups is 2. The van der Waals surface area contributed by atoms with Crippen LogP contribution < -0.4 is 21.9 Å². The second-order valence-electron chi connectivity index (χ2n) is 4.84. The maximum Gasteiger partial charge on any atom is 0.416 e. The van der Waals surface area contributed by atoms with Crippen molar-refractivity contribution in [2.45, 2.75) is 6.18 Å². The second kappa shape index (κ2) is 7.25. The Kier molecular flexibility index (Phi) is 5.29. The molecule has 2 rings (SSSR count). The molecule has 2 aromatic rings. The van der Waals surface area contributed by atoms with Crippen molar-refractivity contribution in [3.8, 4) is 11.5 Å². The summed E-state index contributed by atoms with van der Waals surface area (Å²) in [6.45, 7) is 0. The van der Waals surface area contributed by atoms with Gasteiger partial charge in [0, 0.05) is 0 Å². The number of alkyl halides is 3. The lowest BCUT2D eigenvalue weighted by atomic mass is 10.2. The predicted molar refractivity (Wildman–Crippen MR) is 85.0 cm³/mol. The summed E-state index contributed by atoms with van der Waals surface area (Å²) in [5, 5.41) is 0. The Morgan fingerprint density at radius 1 is 0.962 bits per heavy atom. The smallest absolute Gasteiger partial charge is 0.416 e. The van der Waals surface area contributed by atoms with Crippen molar-refractivity contribution in [2.24, 2.45) is 27.2 Å². The van der Waals surface area contributed by atoms with E-state index in [2.05, 4.69) is 9.98 Å². The summed E-state index contributed by atoms with van der Waals surface area (Å²) in [6.07, 6.45) is -4.91. The summed E-state index contributed by atoms with van der Waals surface area (Å²) in [6, 6.07) is 5.84. The topological polar surface area (TPSA) is 112 Å². The molecule has 26 heavy (non-hydrogen) atoms. The molecule has 0 atom stereocenters. The van der Waals surface area contributed by atoms with Gasteiger partial charge < -0.3 is 21.9 Å². The van der Waals surface area contributed by atoms with Crippen molar-refractivity contribution in [3.05, 3.63) is 53.6 Å². The molecule has 0 bridgehead atoms. The Bertz CT molecular complexity index is 852. The van der Waals surface area contributed by atoms with Crippen LogP contribution >= 0.6 is 0 Å². The van der Waals surface area contributed by atoms with Crippen LogP contribution in [0.2, 0.25) is 0 Å². The van der Waals surface area contributed by atoms with Gasteiger partial charge in [-0.15, -0.1) is 0 Å². The van der Waals surface area contributed by atoms with Crippen LogP contribution in [-0.2, 0) is 6.18 Å². The number of hydrogen-bond acceptors (Lipinski definition) is 2. The molecule has 0 heterocycles. The van der Waals surface area contributed by atoms with E-state index in [9.17, 15) is 22.0 Å². The van der Waals surface area contributed by atoms with E-state index in [0.29, 0.717) is 0 Å². The van der Waals surface area contributed by atoms with E-state index in [0.717, 1.165) is 0 Å². The molecule has 0 unspecified atom stereocenters. The third kappa shape index (κ3) is 4.59. The van der Waals surface area contributed by atoms with Crippen LogP contribution in [0.5, 0.6) is 11.5 Å². The van der Waals surface area contributed by atoms with Crippen molar-refractivity contribution in [1.29, 1.82) is 0 Å². The Morgan fingerprint density at radius 2 is 1.54 bits per heavy atom. The molecule has 0 saturated heterocycles. The highest BCUT2D eigenvalue weighted by molar-refractivity contribution is 5.93. The summed E-state index contributed by atoms with van der Waals surface area (Å²) in [5.41, 5.74) is 14.3. The van der Waals surface area contributed by atoms with Gasteiger partial charge in [-0.3, -0.25) is 0 Å². The number of aliphatic imine (C=N–C) groups is 2. The van der Waals surface area contributed by atoms with Crippen LogP contribution in [0.25, 0.3) is 0 Å². The average molecular weight is 373 g/mol. The highest BCUT2D eigenvalue weighted by Gasteiger charge is 2.33.